The molecule has 0 radical (unpaired) electrons. The molecular formula is C12H29N. The van der Waals surface area contributed by atoms with E-state index < -0.39 is 0 Å². The van der Waals surface area contributed by atoms with Crippen LogP contribution in [-0.2, 0) is 0 Å². The fourth-order valence-electron chi connectivity index (χ4n) is 1.36. The van der Waals surface area contributed by atoms with Crippen molar-refractivity contribution in [3.05, 3.63) is 0 Å². The van der Waals surface area contributed by atoms with Gasteiger partial charge in [0.1, 0.15) is 0 Å². The Balaban J connectivity index is 0. The summed E-state index contributed by atoms with van der Waals surface area (Å²) in [6.07, 6.45) is 4.14. The van der Waals surface area contributed by atoms with Crippen LogP contribution in [0.4, 0.5) is 0 Å². The molecular weight excluding hydrogens is 158 g/mol. The SMILES string of the molecule is CC.CC.CC1CCNC(C)CC1. The van der Waals surface area contributed by atoms with Crippen molar-refractivity contribution >= 4 is 0 Å². The third-order valence-corrected chi connectivity index (χ3v) is 2.22. The minimum absolute atomic E-state index is 0.759. The van der Waals surface area contributed by atoms with Crippen molar-refractivity contribution in [3.63, 3.8) is 0 Å². The Labute approximate surface area is 85.3 Å². The van der Waals surface area contributed by atoms with Crippen LogP contribution >= 0.6 is 0 Å². The standard InChI is InChI=1S/C8H17N.2C2H6/c1-7-3-4-8(2)9-6-5-7;2*1-2/h7-9H,3-6H2,1-2H3;2*1-2H3. The molecule has 0 amide bonds. The topological polar surface area (TPSA) is 12.0 Å². The van der Waals surface area contributed by atoms with E-state index in [9.17, 15) is 0 Å². The van der Waals surface area contributed by atoms with Gasteiger partial charge in [-0.25, -0.2) is 0 Å². The first-order valence-electron chi connectivity index (χ1n) is 6.02. The Hall–Kier alpha value is -0.0400. The number of nitrogens with one attached hydrogen (secondary N) is 1. The first kappa shape index (κ1) is 15.4. The van der Waals surface area contributed by atoms with Crippen molar-refractivity contribution in [3.8, 4) is 0 Å². The monoisotopic (exact) mass is 187 g/mol. The summed E-state index contributed by atoms with van der Waals surface area (Å²) in [6, 6.07) is 0.759. The molecule has 1 saturated heterocycles. The molecule has 82 valence electrons. The van der Waals surface area contributed by atoms with Crippen LogP contribution in [0.1, 0.15) is 60.8 Å². The molecule has 0 aromatic heterocycles. The summed E-state index contributed by atoms with van der Waals surface area (Å²) in [5, 5.41) is 3.47. The Bertz CT molecular complexity index is 71.2. The molecule has 1 heterocycles. The molecule has 0 aliphatic carbocycles. The average molecular weight is 187 g/mol. The second kappa shape index (κ2) is 12.0. The molecule has 2 unspecified atom stereocenters. The van der Waals surface area contributed by atoms with Crippen LogP contribution in [0.25, 0.3) is 0 Å². The zero-order chi connectivity index (χ0) is 10.7. The van der Waals surface area contributed by atoms with Gasteiger partial charge < -0.3 is 5.32 Å². The molecule has 1 fully saturated rings. The van der Waals surface area contributed by atoms with Gasteiger partial charge in [0.05, 0.1) is 0 Å². The van der Waals surface area contributed by atoms with Crippen LogP contribution in [0.15, 0.2) is 0 Å². The van der Waals surface area contributed by atoms with Gasteiger partial charge in [-0.2, -0.15) is 0 Å². The van der Waals surface area contributed by atoms with E-state index in [4.69, 9.17) is 0 Å². The molecule has 1 aliphatic rings. The highest BCUT2D eigenvalue weighted by molar-refractivity contribution is 4.68. The molecule has 0 aromatic carbocycles. The zero-order valence-corrected chi connectivity index (χ0v) is 10.5. The van der Waals surface area contributed by atoms with Crippen molar-refractivity contribution in [2.75, 3.05) is 6.54 Å². The van der Waals surface area contributed by atoms with Crippen LogP contribution in [-0.4, -0.2) is 12.6 Å². The summed E-state index contributed by atoms with van der Waals surface area (Å²) in [6.45, 7) is 13.8. The van der Waals surface area contributed by atoms with Crippen LogP contribution in [0.5, 0.6) is 0 Å². The lowest BCUT2D eigenvalue weighted by Gasteiger charge is -2.06. The Kier molecular flexibility index (Phi) is 14.2. The maximum atomic E-state index is 3.47. The highest BCUT2D eigenvalue weighted by Crippen LogP contribution is 2.14. The van der Waals surface area contributed by atoms with Gasteiger partial charge in [0.25, 0.3) is 0 Å². The smallest absolute Gasteiger partial charge is 0.00388 e. The summed E-state index contributed by atoms with van der Waals surface area (Å²) in [5.41, 5.74) is 0. The van der Waals surface area contributed by atoms with E-state index in [0.29, 0.717) is 0 Å². The molecule has 13 heavy (non-hydrogen) atoms. The molecule has 0 saturated carbocycles. The maximum Gasteiger partial charge on any atom is 0.00388 e. The predicted molar refractivity (Wildman–Crippen MR) is 63.2 cm³/mol. The van der Waals surface area contributed by atoms with Gasteiger partial charge in [-0.3, -0.25) is 0 Å². The minimum atomic E-state index is 0.759. The van der Waals surface area contributed by atoms with Crippen LogP contribution in [0.2, 0.25) is 0 Å². The summed E-state index contributed by atoms with van der Waals surface area (Å²) in [4.78, 5) is 0. The number of hydrogen-bond acceptors (Lipinski definition) is 1. The summed E-state index contributed by atoms with van der Waals surface area (Å²) in [7, 11) is 0. The minimum Gasteiger partial charge on any atom is -0.314 e. The summed E-state index contributed by atoms with van der Waals surface area (Å²) in [5.74, 6) is 0.947. The molecule has 1 aliphatic heterocycles. The first-order valence-corrected chi connectivity index (χ1v) is 6.02. The highest BCUT2D eigenvalue weighted by Gasteiger charge is 2.10. The summed E-state index contributed by atoms with van der Waals surface area (Å²) < 4.78 is 0. The Morgan fingerprint density at radius 3 is 1.92 bits per heavy atom. The number of rotatable bonds is 0. The van der Waals surface area contributed by atoms with Gasteiger partial charge in [0, 0.05) is 6.04 Å². The van der Waals surface area contributed by atoms with Gasteiger partial charge in [-0.05, 0) is 38.6 Å². The van der Waals surface area contributed by atoms with E-state index in [1.54, 1.807) is 0 Å². The maximum absolute atomic E-state index is 3.47. The van der Waals surface area contributed by atoms with E-state index in [2.05, 4.69) is 19.2 Å². The quantitative estimate of drug-likeness (QED) is 0.607. The summed E-state index contributed by atoms with van der Waals surface area (Å²) >= 11 is 0. The lowest BCUT2D eigenvalue weighted by Crippen LogP contribution is -2.24. The fourth-order valence-corrected chi connectivity index (χ4v) is 1.36. The number of hydrogen-bond donors (Lipinski definition) is 1. The van der Waals surface area contributed by atoms with Gasteiger partial charge >= 0.3 is 0 Å². The van der Waals surface area contributed by atoms with E-state index in [0.717, 1.165) is 12.0 Å². The lowest BCUT2D eigenvalue weighted by molar-refractivity contribution is 0.507. The largest absolute Gasteiger partial charge is 0.314 e. The van der Waals surface area contributed by atoms with Crippen molar-refractivity contribution in [2.24, 2.45) is 5.92 Å². The first-order chi connectivity index (χ1) is 6.29. The average Bonchev–Trinajstić information content (AvgIpc) is 2.38. The predicted octanol–water partition coefficient (Wildman–Crippen LogP) is 3.84. The molecule has 1 rings (SSSR count). The van der Waals surface area contributed by atoms with Crippen LogP contribution in [0, 0.1) is 5.92 Å². The van der Waals surface area contributed by atoms with Gasteiger partial charge in [-0.1, -0.05) is 34.6 Å². The molecule has 0 bridgehead atoms. The van der Waals surface area contributed by atoms with Gasteiger partial charge in [0.2, 0.25) is 0 Å². The van der Waals surface area contributed by atoms with E-state index in [1.165, 1.54) is 25.8 Å². The Morgan fingerprint density at radius 1 is 0.846 bits per heavy atom. The highest BCUT2D eigenvalue weighted by atomic mass is 14.9. The second-order valence-electron chi connectivity index (χ2n) is 3.33. The molecule has 2 atom stereocenters. The molecule has 0 aromatic rings. The molecule has 1 N–H and O–H groups in total. The van der Waals surface area contributed by atoms with Crippen LogP contribution in [0.3, 0.4) is 0 Å². The zero-order valence-electron chi connectivity index (χ0n) is 10.5. The molecule has 0 spiro atoms. The van der Waals surface area contributed by atoms with Gasteiger partial charge in [0.15, 0.2) is 0 Å². The third kappa shape index (κ3) is 9.88. The molecule has 1 heteroatoms. The second-order valence-corrected chi connectivity index (χ2v) is 3.33. The molecule has 1 nitrogen and oxygen atoms in total. The van der Waals surface area contributed by atoms with Crippen molar-refractivity contribution in [1.82, 2.24) is 5.32 Å². The Morgan fingerprint density at radius 2 is 1.38 bits per heavy atom. The van der Waals surface area contributed by atoms with E-state index >= 15 is 0 Å². The van der Waals surface area contributed by atoms with Crippen molar-refractivity contribution in [2.45, 2.75) is 66.8 Å². The fraction of sp³-hybridized carbons (Fsp3) is 1.00. The van der Waals surface area contributed by atoms with Crippen LogP contribution < -0.4 is 5.32 Å². The van der Waals surface area contributed by atoms with Gasteiger partial charge in [-0.15, -0.1) is 0 Å². The van der Waals surface area contributed by atoms with E-state index in [1.807, 2.05) is 27.7 Å². The van der Waals surface area contributed by atoms with E-state index in [-0.39, 0.29) is 0 Å². The third-order valence-electron chi connectivity index (χ3n) is 2.22. The lowest BCUT2D eigenvalue weighted by atomic mass is 10.0. The normalized spacial score (nSPS) is 27.2. The van der Waals surface area contributed by atoms with Crippen molar-refractivity contribution in [1.29, 1.82) is 0 Å². The van der Waals surface area contributed by atoms with Crippen molar-refractivity contribution < 1.29 is 0 Å².